The largest absolute Gasteiger partial charge is 1.00 e. The van der Waals surface area contributed by atoms with Crippen LogP contribution in [0.3, 0.4) is 0 Å². The van der Waals surface area contributed by atoms with Gasteiger partial charge in [-0.25, -0.2) is 5.16 Å². The Bertz CT molecular complexity index is 961. The Kier molecular flexibility index (Phi) is 10.0. The van der Waals surface area contributed by atoms with Gasteiger partial charge in [0.05, 0.1) is 0 Å². The Morgan fingerprint density at radius 3 is 2.03 bits per heavy atom. The van der Waals surface area contributed by atoms with Crippen LogP contribution in [0.2, 0.25) is 0 Å². The van der Waals surface area contributed by atoms with E-state index in [0.29, 0.717) is 6.61 Å². The van der Waals surface area contributed by atoms with Crippen LogP contribution in [0.5, 0.6) is 5.75 Å². The van der Waals surface area contributed by atoms with Crippen LogP contribution in [0, 0.1) is 12.3 Å². The van der Waals surface area contributed by atoms with Gasteiger partial charge >= 0.3 is 51.4 Å². The second kappa shape index (κ2) is 12.2. The molecule has 0 saturated carbocycles. The maximum Gasteiger partial charge on any atom is 1.00 e. The van der Waals surface area contributed by atoms with Gasteiger partial charge in [0, 0.05) is 5.75 Å². The van der Waals surface area contributed by atoms with Crippen LogP contribution in [0.1, 0.15) is 32.1 Å². The quantitative estimate of drug-likeness (QED) is 0.373. The minimum atomic E-state index is 0. The van der Waals surface area contributed by atoms with E-state index in [-0.39, 0.29) is 56.8 Å². The molecule has 0 bridgehead atoms. The smallest absolute Gasteiger partial charge is 0.514 e. The first-order valence-corrected chi connectivity index (χ1v) is 9.59. The number of hydrogen-bond donors (Lipinski definition) is 0. The molecule has 1 aromatic heterocycles. The molecule has 0 unspecified atom stereocenters. The molecule has 3 nitrogen and oxygen atoms in total. The molecule has 0 spiro atoms. The molecule has 0 radical (unpaired) electrons. The van der Waals surface area contributed by atoms with Crippen molar-refractivity contribution in [3.8, 4) is 16.9 Å². The monoisotopic (exact) mass is 422 g/mol. The molecule has 0 amide bonds. The van der Waals surface area contributed by atoms with Crippen molar-refractivity contribution in [3.05, 3.63) is 109 Å². The Morgan fingerprint density at radius 1 is 0.867 bits per heavy atom. The van der Waals surface area contributed by atoms with Crippen LogP contribution in [-0.2, 0) is 12.0 Å². The van der Waals surface area contributed by atoms with Gasteiger partial charge in [-0.1, -0.05) is 75.4 Å². The molecule has 0 fully saturated rings. The molecule has 0 aliphatic heterocycles. The number of hydrogen-bond acceptors (Lipinski definition) is 3. The van der Waals surface area contributed by atoms with E-state index in [1.807, 2.05) is 30.3 Å². The second-order valence-corrected chi connectivity index (χ2v) is 7.66. The Labute approximate surface area is 221 Å². The van der Waals surface area contributed by atoms with Crippen LogP contribution >= 0.6 is 0 Å². The molecule has 4 aromatic rings. The van der Waals surface area contributed by atoms with Gasteiger partial charge < -0.3 is 9.26 Å². The molecule has 0 aliphatic carbocycles. The number of rotatable bonds is 4. The fourth-order valence-corrected chi connectivity index (χ4v) is 2.60. The molecule has 148 valence electrons. The molecule has 3 aromatic carbocycles. The van der Waals surface area contributed by atoms with Gasteiger partial charge in [0.1, 0.15) is 6.61 Å². The van der Waals surface area contributed by atoms with Gasteiger partial charge in [-0.2, -0.15) is 24.3 Å². The van der Waals surface area contributed by atoms with Crippen LogP contribution in [0.25, 0.3) is 11.1 Å². The van der Waals surface area contributed by atoms with Crippen molar-refractivity contribution >= 4 is 0 Å². The van der Waals surface area contributed by atoms with E-state index in [4.69, 9.17) is 9.26 Å². The summed E-state index contributed by atoms with van der Waals surface area (Å²) in [6.45, 7) is 6.79. The Balaban J connectivity index is 0.000000272. The maximum absolute atomic E-state index is 5.72. The zero-order valence-electron chi connectivity index (χ0n) is 18.1. The van der Waals surface area contributed by atoms with E-state index < -0.39 is 0 Å². The van der Waals surface area contributed by atoms with Crippen molar-refractivity contribution in [1.82, 2.24) is 5.16 Å². The first kappa shape index (κ1) is 24.6. The van der Waals surface area contributed by atoms with E-state index in [1.165, 1.54) is 11.1 Å². The molecule has 30 heavy (non-hydrogen) atoms. The summed E-state index contributed by atoms with van der Waals surface area (Å²) in [6.07, 6.45) is 2.62. The first-order chi connectivity index (χ1) is 14.0. The van der Waals surface area contributed by atoms with Crippen LogP contribution < -0.4 is 56.1 Å². The standard InChI is InChI=1S/C19H15O.C7H10NO.K/c1-3-7-17(8-4-1)18-13-11-16(12-14-18)15-20-19-9-5-2-6-10-19;1-7(2,3)6-4-5-8-9-6;/h1,3-14H,15H2;4H,1-3H3;/q2*-1;+1. The molecule has 0 atom stereocenters. The van der Waals surface area contributed by atoms with Crippen molar-refractivity contribution < 1.29 is 60.6 Å². The zero-order valence-corrected chi connectivity index (χ0v) is 21.2. The summed E-state index contributed by atoms with van der Waals surface area (Å²) in [4.78, 5) is 0. The summed E-state index contributed by atoms with van der Waals surface area (Å²) in [5.74, 6) is 1.75. The fourth-order valence-electron chi connectivity index (χ4n) is 2.60. The van der Waals surface area contributed by atoms with Crippen LogP contribution in [0.4, 0.5) is 0 Å². The third kappa shape index (κ3) is 7.86. The van der Waals surface area contributed by atoms with Crippen LogP contribution in [0.15, 0.2) is 89.5 Å². The number of nitrogens with zero attached hydrogens (tertiary/aromatic N) is 1. The maximum atomic E-state index is 5.72. The van der Waals surface area contributed by atoms with Crippen molar-refractivity contribution in [3.63, 3.8) is 0 Å². The molecule has 4 heteroatoms. The molecular formula is C26H25KNO2-. The minimum absolute atomic E-state index is 0. The molecular weight excluding hydrogens is 397 g/mol. The van der Waals surface area contributed by atoms with Crippen LogP contribution in [-0.4, -0.2) is 5.16 Å². The summed E-state index contributed by atoms with van der Waals surface area (Å²) in [5.41, 5.74) is 3.69. The average molecular weight is 423 g/mol. The third-order valence-corrected chi connectivity index (χ3v) is 4.29. The minimum Gasteiger partial charge on any atom is -0.514 e. The Morgan fingerprint density at radius 2 is 1.50 bits per heavy atom. The van der Waals surface area contributed by atoms with Crippen molar-refractivity contribution in [2.75, 3.05) is 0 Å². The van der Waals surface area contributed by atoms with Crippen molar-refractivity contribution in [1.29, 1.82) is 0 Å². The second-order valence-electron chi connectivity index (χ2n) is 7.66. The molecule has 1 heterocycles. The Hall–Kier alpha value is -1.69. The van der Waals surface area contributed by atoms with Gasteiger partial charge in [0.25, 0.3) is 0 Å². The van der Waals surface area contributed by atoms with E-state index in [2.05, 4.69) is 86.7 Å². The molecule has 0 aliphatic rings. The van der Waals surface area contributed by atoms with E-state index in [0.717, 1.165) is 17.1 Å². The molecule has 0 saturated heterocycles. The first-order valence-electron chi connectivity index (χ1n) is 9.59. The summed E-state index contributed by atoms with van der Waals surface area (Å²) < 4.78 is 10.6. The molecule has 0 N–H and O–H groups in total. The van der Waals surface area contributed by atoms with E-state index in [1.54, 1.807) is 6.07 Å². The predicted octanol–water partition coefficient (Wildman–Crippen LogP) is 3.51. The van der Waals surface area contributed by atoms with E-state index in [9.17, 15) is 0 Å². The SMILES string of the molecule is CC(C)(C)c1c[c-]no1.[K+].[c-]1ccc(OCc2ccc(-c3ccccc3)cc2)cc1. The van der Waals surface area contributed by atoms with Gasteiger partial charge in [-0.3, -0.25) is 0 Å². The number of benzene rings is 3. The predicted molar refractivity (Wildman–Crippen MR) is 116 cm³/mol. The average Bonchev–Trinajstić information content (AvgIpc) is 3.30. The number of ether oxygens (including phenoxy) is 1. The van der Waals surface area contributed by atoms with Gasteiger partial charge in [-0.05, 0) is 27.9 Å². The summed E-state index contributed by atoms with van der Waals surface area (Å²) in [7, 11) is 0. The van der Waals surface area contributed by atoms with Gasteiger partial charge in [0.15, 0.2) is 0 Å². The van der Waals surface area contributed by atoms with E-state index >= 15 is 0 Å². The summed E-state index contributed by atoms with van der Waals surface area (Å²) in [6, 6.07) is 31.1. The van der Waals surface area contributed by atoms with Gasteiger partial charge in [-0.15, -0.1) is 18.3 Å². The fraction of sp³-hybridized carbons (Fsp3) is 0.192. The van der Waals surface area contributed by atoms with Gasteiger partial charge in [0.2, 0.25) is 0 Å². The summed E-state index contributed by atoms with van der Waals surface area (Å²) in [5, 5.41) is 3.49. The number of aromatic nitrogens is 1. The normalized spacial score (nSPS) is 10.4. The van der Waals surface area contributed by atoms with Crippen molar-refractivity contribution in [2.45, 2.75) is 32.8 Å². The molecule has 4 rings (SSSR count). The van der Waals surface area contributed by atoms with Crippen molar-refractivity contribution in [2.24, 2.45) is 0 Å². The zero-order chi connectivity index (χ0) is 20.5. The summed E-state index contributed by atoms with van der Waals surface area (Å²) >= 11 is 0. The topological polar surface area (TPSA) is 35.3 Å². The third-order valence-electron chi connectivity index (χ3n) is 4.29.